The van der Waals surface area contributed by atoms with E-state index in [0.29, 0.717) is 4.99 Å². The Morgan fingerprint density at radius 3 is 2.38 bits per heavy atom. The molecule has 2 aromatic rings. The van der Waals surface area contributed by atoms with Gasteiger partial charge in [0.1, 0.15) is 10.7 Å². The normalized spacial score (nSPS) is 10.2. The molecule has 0 aliphatic carbocycles. The number of benzene rings is 2. The van der Waals surface area contributed by atoms with Crippen molar-refractivity contribution in [2.75, 3.05) is 11.9 Å². The maximum atomic E-state index is 5.67. The Balaban J connectivity index is 2.07. The minimum Gasteiger partial charge on any atom is -0.494 e. The molecule has 3 nitrogen and oxygen atoms in total. The van der Waals surface area contributed by atoms with Crippen molar-refractivity contribution in [3.63, 3.8) is 0 Å². The lowest BCUT2D eigenvalue weighted by Gasteiger charge is -2.11. The summed E-state index contributed by atoms with van der Waals surface area (Å²) in [6.45, 7) is 4.84. The predicted octanol–water partition coefficient (Wildman–Crippen LogP) is 4.16. The standard InChI is InChI=1S/C17H20N2OS/c1-3-10-20-15-7-4-13(5-8-15)19-14-6-9-16(17(18)21)12(2)11-14/h4-9,11,19H,3,10H2,1-2H3,(H2,18,21). The van der Waals surface area contributed by atoms with Crippen LogP contribution >= 0.6 is 12.2 Å². The van der Waals surface area contributed by atoms with Crippen molar-refractivity contribution in [3.05, 3.63) is 53.6 Å². The lowest BCUT2D eigenvalue weighted by Crippen LogP contribution is -2.11. The van der Waals surface area contributed by atoms with E-state index in [0.717, 1.165) is 41.3 Å². The zero-order chi connectivity index (χ0) is 15.2. The average molecular weight is 300 g/mol. The molecule has 0 saturated heterocycles. The number of hydrogen-bond acceptors (Lipinski definition) is 3. The van der Waals surface area contributed by atoms with Gasteiger partial charge in [-0.2, -0.15) is 0 Å². The van der Waals surface area contributed by atoms with Crippen LogP contribution in [0.3, 0.4) is 0 Å². The highest BCUT2D eigenvalue weighted by atomic mass is 32.1. The molecular formula is C17H20N2OS. The van der Waals surface area contributed by atoms with E-state index in [4.69, 9.17) is 22.7 Å². The minimum absolute atomic E-state index is 0.427. The van der Waals surface area contributed by atoms with E-state index in [9.17, 15) is 0 Å². The number of aryl methyl sites for hydroxylation is 1. The first-order chi connectivity index (χ1) is 10.1. The number of nitrogens with two attached hydrogens (primary N) is 1. The Morgan fingerprint density at radius 1 is 1.14 bits per heavy atom. The molecule has 21 heavy (non-hydrogen) atoms. The van der Waals surface area contributed by atoms with E-state index < -0.39 is 0 Å². The fourth-order valence-corrected chi connectivity index (χ4v) is 2.27. The van der Waals surface area contributed by atoms with Gasteiger partial charge in [-0.15, -0.1) is 0 Å². The molecule has 2 aromatic carbocycles. The fraction of sp³-hybridized carbons (Fsp3) is 0.235. The first-order valence-electron chi connectivity index (χ1n) is 7.00. The number of ether oxygens (including phenoxy) is 1. The van der Waals surface area contributed by atoms with Gasteiger partial charge < -0.3 is 15.8 Å². The summed E-state index contributed by atoms with van der Waals surface area (Å²) in [5, 5.41) is 3.35. The highest BCUT2D eigenvalue weighted by molar-refractivity contribution is 7.80. The van der Waals surface area contributed by atoms with Crippen molar-refractivity contribution in [1.82, 2.24) is 0 Å². The first-order valence-corrected chi connectivity index (χ1v) is 7.41. The smallest absolute Gasteiger partial charge is 0.119 e. The minimum atomic E-state index is 0.427. The second-order valence-corrected chi connectivity index (χ2v) is 5.33. The summed E-state index contributed by atoms with van der Waals surface area (Å²) in [7, 11) is 0. The van der Waals surface area contributed by atoms with Crippen LogP contribution in [-0.2, 0) is 0 Å². The summed E-state index contributed by atoms with van der Waals surface area (Å²) in [5.41, 5.74) is 9.68. The van der Waals surface area contributed by atoms with Crippen LogP contribution < -0.4 is 15.8 Å². The molecule has 4 heteroatoms. The second kappa shape index (κ2) is 7.09. The summed E-state index contributed by atoms with van der Waals surface area (Å²) >= 11 is 5.02. The summed E-state index contributed by atoms with van der Waals surface area (Å²) in [6.07, 6.45) is 1.01. The molecule has 0 saturated carbocycles. The Bertz CT molecular complexity index is 623. The third-order valence-electron chi connectivity index (χ3n) is 3.11. The summed E-state index contributed by atoms with van der Waals surface area (Å²) in [5.74, 6) is 0.891. The summed E-state index contributed by atoms with van der Waals surface area (Å²) < 4.78 is 5.57. The average Bonchev–Trinajstić information content (AvgIpc) is 2.46. The van der Waals surface area contributed by atoms with E-state index >= 15 is 0 Å². The number of nitrogens with one attached hydrogen (secondary N) is 1. The van der Waals surface area contributed by atoms with E-state index in [2.05, 4.69) is 12.2 Å². The fourth-order valence-electron chi connectivity index (χ4n) is 2.04. The van der Waals surface area contributed by atoms with E-state index in [1.165, 1.54) is 0 Å². The Kier molecular flexibility index (Phi) is 5.17. The van der Waals surface area contributed by atoms with Crippen molar-refractivity contribution in [2.24, 2.45) is 5.73 Å². The largest absolute Gasteiger partial charge is 0.494 e. The van der Waals surface area contributed by atoms with Gasteiger partial charge >= 0.3 is 0 Å². The van der Waals surface area contributed by atoms with Crippen LogP contribution in [0, 0.1) is 6.92 Å². The lowest BCUT2D eigenvalue weighted by molar-refractivity contribution is 0.317. The molecule has 2 rings (SSSR count). The van der Waals surface area contributed by atoms with Crippen LogP contribution in [0.15, 0.2) is 42.5 Å². The van der Waals surface area contributed by atoms with Gasteiger partial charge in [0.05, 0.1) is 6.61 Å². The lowest BCUT2D eigenvalue weighted by atomic mass is 10.1. The molecule has 0 unspecified atom stereocenters. The van der Waals surface area contributed by atoms with E-state index in [-0.39, 0.29) is 0 Å². The van der Waals surface area contributed by atoms with Gasteiger partial charge in [-0.25, -0.2) is 0 Å². The molecule has 0 heterocycles. The predicted molar refractivity (Wildman–Crippen MR) is 92.6 cm³/mol. The molecular weight excluding hydrogens is 280 g/mol. The van der Waals surface area contributed by atoms with Crippen LogP contribution in [0.2, 0.25) is 0 Å². The molecule has 0 atom stereocenters. The number of thiocarbonyl (C=S) groups is 1. The van der Waals surface area contributed by atoms with E-state index in [1.807, 2.05) is 49.4 Å². The van der Waals surface area contributed by atoms with Crippen molar-refractivity contribution < 1.29 is 4.74 Å². The van der Waals surface area contributed by atoms with Gasteiger partial charge in [0.15, 0.2) is 0 Å². The SMILES string of the molecule is CCCOc1ccc(Nc2ccc(C(N)=S)c(C)c2)cc1. The Labute approximate surface area is 131 Å². The molecule has 0 amide bonds. The van der Waals surface area contributed by atoms with Crippen LogP contribution in [0.5, 0.6) is 5.75 Å². The number of hydrogen-bond donors (Lipinski definition) is 2. The summed E-state index contributed by atoms with van der Waals surface area (Å²) in [4.78, 5) is 0.427. The maximum absolute atomic E-state index is 5.67. The maximum Gasteiger partial charge on any atom is 0.119 e. The van der Waals surface area contributed by atoms with Gasteiger partial charge in [-0.1, -0.05) is 19.1 Å². The monoisotopic (exact) mass is 300 g/mol. The van der Waals surface area contributed by atoms with Gasteiger partial charge in [-0.3, -0.25) is 0 Å². The molecule has 3 N–H and O–H groups in total. The highest BCUT2D eigenvalue weighted by Gasteiger charge is 2.03. The van der Waals surface area contributed by atoms with Gasteiger partial charge in [-0.05, 0) is 61.4 Å². The third kappa shape index (κ3) is 4.20. The quantitative estimate of drug-likeness (QED) is 0.786. The van der Waals surface area contributed by atoms with Crippen LogP contribution in [0.1, 0.15) is 24.5 Å². The second-order valence-electron chi connectivity index (χ2n) is 4.89. The molecule has 0 aliphatic rings. The first kappa shape index (κ1) is 15.3. The third-order valence-corrected chi connectivity index (χ3v) is 3.33. The van der Waals surface area contributed by atoms with Crippen molar-refractivity contribution in [1.29, 1.82) is 0 Å². The van der Waals surface area contributed by atoms with Crippen molar-refractivity contribution >= 4 is 28.6 Å². The van der Waals surface area contributed by atoms with Crippen molar-refractivity contribution in [3.8, 4) is 5.75 Å². The Hall–Kier alpha value is -2.07. The van der Waals surface area contributed by atoms with Crippen LogP contribution in [-0.4, -0.2) is 11.6 Å². The van der Waals surface area contributed by atoms with Crippen LogP contribution in [0.4, 0.5) is 11.4 Å². The van der Waals surface area contributed by atoms with Gasteiger partial charge in [0.25, 0.3) is 0 Å². The molecule has 0 aromatic heterocycles. The van der Waals surface area contributed by atoms with Crippen LogP contribution in [0.25, 0.3) is 0 Å². The topological polar surface area (TPSA) is 47.3 Å². The summed E-state index contributed by atoms with van der Waals surface area (Å²) in [6, 6.07) is 13.9. The zero-order valence-corrected chi connectivity index (χ0v) is 13.2. The Morgan fingerprint density at radius 2 is 1.81 bits per heavy atom. The number of rotatable bonds is 6. The molecule has 0 fully saturated rings. The van der Waals surface area contributed by atoms with Crippen molar-refractivity contribution in [2.45, 2.75) is 20.3 Å². The zero-order valence-electron chi connectivity index (χ0n) is 12.3. The highest BCUT2D eigenvalue weighted by Crippen LogP contribution is 2.22. The van der Waals surface area contributed by atoms with Gasteiger partial charge in [0.2, 0.25) is 0 Å². The molecule has 0 aliphatic heterocycles. The molecule has 0 bridgehead atoms. The molecule has 0 spiro atoms. The number of anilines is 2. The molecule has 110 valence electrons. The van der Waals surface area contributed by atoms with E-state index in [1.54, 1.807) is 0 Å². The van der Waals surface area contributed by atoms with Gasteiger partial charge in [0, 0.05) is 16.9 Å². The molecule has 0 radical (unpaired) electrons.